The first kappa shape index (κ1) is 22.7. The summed E-state index contributed by atoms with van der Waals surface area (Å²) in [6.07, 6.45) is 1.59. The van der Waals surface area contributed by atoms with E-state index >= 15 is 0 Å². The van der Waals surface area contributed by atoms with Crippen molar-refractivity contribution in [2.45, 2.75) is 50.8 Å². The summed E-state index contributed by atoms with van der Waals surface area (Å²) >= 11 is 1.87. The number of thioether (sulfide) groups is 1. The summed E-state index contributed by atoms with van der Waals surface area (Å²) < 4.78 is 0. The topological polar surface area (TPSA) is 52.7 Å². The van der Waals surface area contributed by atoms with Crippen molar-refractivity contribution in [1.29, 1.82) is 0 Å². The minimum atomic E-state index is -0.208. The smallest absolute Gasteiger partial charge is 0.321 e. The van der Waals surface area contributed by atoms with Gasteiger partial charge in [0.2, 0.25) is 0 Å². The zero-order valence-electron chi connectivity index (χ0n) is 19.5. The Bertz CT molecular complexity index is 972. The van der Waals surface area contributed by atoms with Gasteiger partial charge >= 0.3 is 6.03 Å². The summed E-state index contributed by atoms with van der Waals surface area (Å²) in [6.45, 7) is 10.6. The van der Waals surface area contributed by atoms with Crippen molar-refractivity contribution in [3.05, 3.63) is 65.2 Å². The van der Waals surface area contributed by atoms with Gasteiger partial charge < -0.3 is 15.1 Å². The Balaban J connectivity index is 1.40. The number of hydrogen-bond donors (Lipinski definition) is 1. The second-order valence-electron chi connectivity index (χ2n) is 9.86. The first-order chi connectivity index (χ1) is 15.2. The van der Waals surface area contributed by atoms with Crippen molar-refractivity contribution < 1.29 is 9.59 Å². The normalized spacial score (nSPS) is 18.1. The maximum absolute atomic E-state index is 13.4. The van der Waals surface area contributed by atoms with Crippen molar-refractivity contribution >= 4 is 29.4 Å². The Hall–Kier alpha value is -2.47. The van der Waals surface area contributed by atoms with E-state index in [0.29, 0.717) is 13.1 Å². The number of benzene rings is 2. The molecule has 0 bridgehead atoms. The number of carbonyl (C=O) groups is 2. The first-order valence-corrected chi connectivity index (χ1v) is 12.4. The molecular weight excluding hydrogens is 418 g/mol. The number of hydrogen-bond acceptors (Lipinski definition) is 3. The molecule has 0 atom stereocenters. The number of carbonyl (C=O) groups excluding carboxylic acids is 2. The molecule has 5 nitrogen and oxygen atoms in total. The van der Waals surface area contributed by atoms with Gasteiger partial charge in [0.05, 0.1) is 4.87 Å². The van der Waals surface area contributed by atoms with Crippen molar-refractivity contribution in [1.82, 2.24) is 9.80 Å². The van der Waals surface area contributed by atoms with Gasteiger partial charge in [-0.05, 0) is 55.0 Å². The van der Waals surface area contributed by atoms with Gasteiger partial charge in [-0.15, -0.1) is 11.8 Å². The zero-order chi connectivity index (χ0) is 22.9. The molecule has 2 saturated heterocycles. The molecule has 3 amide bonds. The lowest BCUT2D eigenvalue weighted by atomic mass is 9.86. The Labute approximate surface area is 195 Å². The number of likely N-dealkylation sites (tertiary alicyclic amines) is 1. The molecule has 32 heavy (non-hydrogen) atoms. The van der Waals surface area contributed by atoms with Crippen molar-refractivity contribution in [3.8, 4) is 0 Å². The molecule has 0 aromatic heterocycles. The molecule has 170 valence electrons. The highest BCUT2D eigenvalue weighted by atomic mass is 32.2. The van der Waals surface area contributed by atoms with E-state index in [-0.39, 0.29) is 22.2 Å². The molecule has 2 aliphatic heterocycles. The van der Waals surface area contributed by atoms with Crippen LogP contribution in [0.2, 0.25) is 0 Å². The third kappa shape index (κ3) is 4.65. The summed E-state index contributed by atoms with van der Waals surface area (Å²) in [5.41, 5.74) is 4.02. The van der Waals surface area contributed by atoms with Crippen molar-refractivity contribution in [2.24, 2.45) is 0 Å². The highest BCUT2D eigenvalue weighted by Crippen LogP contribution is 2.44. The SMILES string of the molecule is Cc1ccc(NC(=O)N2CCC3(CC2)SCCN3C(=O)c2ccc(C(C)(C)C)cc2)cc1. The molecule has 2 aromatic carbocycles. The fourth-order valence-corrected chi connectivity index (χ4v) is 5.93. The summed E-state index contributed by atoms with van der Waals surface area (Å²) in [7, 11) is 0. The van der Waals surface area contributed by atoms with Gasteiger partial charge in [0.15, 0.2) is 0 Å². The zero-order valence-corrected chi connectivity index (χ0v) is 20.3. The van der Waals surface area contributed by atoms with Crippen LogP contribution in [0.15, 0.2) is 48.5 Å². The molecule has 2 fully saturated rings. The number of nitrogens with zero attached hydrogens (tertiary/aromatic N) is 2. The first-order valence-electron chi connectivity index (χ1n) is 11.4. The molecule has 0 aliphatic carbocycles. The number of anilines is 1. The quantitative estimate of drug-likeness (QED) is 0.655. The van der Waals surface area contributed by atoms with Crippen molar-refractivity contribution in [3.63, 3.8) is 0 Å². The van der Waals surface area contributed by atoms with Gasteiger partial charge in [0.25, 0.3) is 5.91 Å². The van der Waals surface area contributed by atoms with Crippen LogP contribution in [0.1, 0.15) is 55.1 Å². The van der Waals surface area contributed by atoms with E-state index in [9.17, 15) is 9.59 Å². The number of aryl methyl sites for hydroxylation is 1. The average molecular weight is 452 g/mol. The van der Waals surface area contributed by atoms with Crippen LogP contribution in [-0.2, 0) is 5.41 Å². The fourth-order valence-electron chi connectivity index (χ4n) is 4.48. The molecule has 2 aromatic rings. The van der Waals surface area contributed by atoms with Crippen LogP contribution in [0.25, 0.3) is 0 Å². The predicted molar refractivity (Wildman–Crippen MR) is 132 cm³/mol. The van der Waals surface area contributed by atoms with Gasteiger partial charge in [0, 0.05) is 36.6 Å². The number of amides is 3. The third-order valence-electron chi connectivity index (χ3n) is 6.56. The summed E-state index contributed by atoms with van der Waals surface area (Å²) in [5, 5.41) is 2.99. The second-order valence-corrected chi connectivity index (χ2v) is 11.3. The molecule has 4 rings (SSSR count). The standard InChI is InChI=1S/C26H33N3O2S/c1-19-5-11-22(12-6-19)27-24(31)28-15-13-26(14-16-28)29(17-18-32-26)23(30)20-7-9-21(10-8-20)25(2,3)4/h5-12H,13-18H2,1-4H3,(H,27,31). The van der Waals surface area contributed by atoms with Crippen molar-refractivity contribution in [2.75, 3.05) is 30.7 Å². The largest absolute Gasteiger partial charge is 0.324 e. The Morgan fingerprint density at radius 3 is 2.16 bits per heavy atom. The third-order valence-corrected chi connectivity index (χ3v) is 8.11. The Kier molecular flexibility index (Phi) is 6.26. The minimum Gasteiger partial charge on any atom is -0.324 e. The fraction of sp³-hybridized carbons (Fsp3) is 0.462. The van der Waals surface area contributed by atoms with E-state index in [1.54, 1.807) is 0 Å². The van der Waals surface area contributed by atoms with Crippen LogP contribution in [0.4, 0.5) is 10.5 Å². The molecule has 2 aliphatic rings. The lowest BCUT2D eigenvalue weighted by Crippen LogP contribution is -2.54. The van der Waals surface area contributed by atoms with E-state index in [1.807, 2.05) is 60.0 Å². The predicted octanol–water partition coefficient (Wildman–Crippen LogP) is 5.51. The molecule has 1 N–H and O–H groups in total. The second kappa shape index (κ2) is 8.81. The maximum atomic E-state index is 13.4. The van der Waals surface area contributed by atoms with Gasteiger partial charge in [-0.1, -0.05) is 50.6 Å². The van der Waals surface area contributed by atoms with Crippen LogP contribution in [0.3, 0.4) is 0 Å². The molecule has 0 radical (unpaired) electrons. The number of urea groups is 1. The Morgan fingerprint density at radius 1 is 0.938 bits per heavy atom. The Morgan fingerprint density at radius 2 is 1.56 bits per heavy atom. The molecule has 2 heterocycles. The lowest BCUT2D eigenvalue weighted by molar-refractivity contribution is 0.0585. The van der Waals surface area contributed by atoms with Gasteiger partial charge in [-0.2, -0.15) is 0 Å². The summed E-state index contributed by atoms with van der Waals surface area (Å²) in [6, 6.07) is 15.8. The molecule has 1 spiro atoms. The molecule has 0 saturated carbocycles. The van der Waals surface area contributed by atoms with Crippen LogP contribution < -0.4 is 5.32 Å². The highest BCUT2D eigenvalue weighted by Gasteiger charge is 2.47. The van der Waals surface area contributed by atoms with E-state index in [0.717, 1.165) is 36.4 Å². The highest BCUT2D eigenvalue weighted by molar-refractivity contribution is 8.00. The number of nitrogens with one attached hydrogen (secondary N) is 1. The number of rotatable bonds is 2. The van der Waals surface area contributed by atoms with Crippen LogP contribution in [-0.4, -0.2) is 52.0 Å². The summed E-state index contributed by atoms with van der Waals surface area (Å²) in [5.74, 6) is 1.05. The number of piperidine rings is 1. The lowest BCUT2D eigenvalue weighted by Gasteiger charge is -2.44. The van der Waals surface area contributed by atoms with E-state index in [4.69, 9.17) is 0 Å². The monoisotopic (exact) mass is 451 g/mol. The van der Waals surface area contributed by atoms with E-state index in [1.165, 1.54) is 11.1 Å². The summed E-state index contributed by atoms with van der Waals surface area (Å²) in [4.78, 5) is 29.8. The minimum absolute atomic E-state index is 0.0673. The molecular formula is C26H33N3O2S. The van der Waals surface area contributed by atoms with Gasteiger partial charge in [0.1, 0.15) is 0 Å². The average Bonchev–Trinajstić information content (AvgIpc) is 3.17. The van der Waals surface area contributed by atoms with E-state index < -0.39 is 0 Å². The van der Waals surface area contributed by atoms with Gasteiger partial charge in [-0.25, -0.2) is 4.79 Å². The maximum Gasteiger partial charge on any atom is 0.321 e. The van der Waals surface area contributed by atoms with Crippen LogP contribution >= 0.6 is 11.8 Å². The van der Waals surface area contributed by atoms with E-state index in [2.05, 4.69) is 43.1 Å². The van der Waals surface area contributed by atoms with Crippen LogP contribution in [0.5, 0.6) is 0 Å². The van der Waals surface area contributed by atoms with Gasteiger partial charge in [-0.3, -0.25) is 4.79 Å². The molecule has 6 heteroatoms. The molecule has 0 unspecified atom stereocenters. The van der Waals surface area contributed by atoms with Crippen LogP contribution in [0, 0.1) is 6.92 Å².